The molecule has 6 rings (SSSR count). The van der Waals surface area contributed by atoms with Gasteiger partial charge in [-0.3, -0.25) is 13.6 Å². The first-order chi connectivity index (χ1) is 14.2. The molecule has 4 fully saturated rings. The molecule has 4 nitrogen and oxygen atoms in total. The maximum absolute atomic E-state index is 13.7. The average Bonchev–Trinajstić information content (AvgIpc) is 2.75. The predicted octanol–water partition coefficient (Wildman–Crippen LogP) is 6.37. The van der Waals surface area contributed by atoms with Crippen LogP contribution in [0.15, 0.2) is 60.7 Å². The van der Waals surface area contributed by atoms with Gasteiger partial charge >= 0.3 is 7.82 Å². The Morgan fingerprint density at radius 3 is 1.59 bits per heavy atom. The molecule has 4 saturated carbocycles. The minimum Gasteiger partial charge on any atom is -0.283 e. The Morgan fingerprint density at radius 2 is 1.14 bits per heavy atom. The molecule has 5 heteroatoms. The maximum atomic E-state index is 13.7. The molecule has 0 atom stereocenters. The molecule has 4 aliphatic carbocycles. The van der Waals surface area contributed by atoms with E-state index in [0.29, 0.717) is 11.8 Å². The standard InChI is InChI=1S/C24H29O4P/c25-29(26-16-18-7-3-1-4-8-18,27-17-19-9-5-2-6-10-19)28-24-22-12-20-11-21(14-22)15-23(24)13-20/h1-10,20-24H,11-17H2. The van der Waals surface area contributed by atoms with Gasteiger partial charge in [0.05, 0.1) is 19.3 Å². The lowest BCUT2D eigenvalue weighted by atomic mass is 9.55. The van der Waals surface area contributed by atoms with Crippen LogP contribution in [0.5, 0.6) is 0 Å². The maximum Gasteiger partial charge on any atom is 0.475 e. The lowest BCUT2D eigenvalue weighted by molar-refractivity contribution is -0.0939. The quantitative estimate of drug-likeness (QED) is 0.473. The summed E-state index contributed by atoms with van der Waals surface area (Å²) in [7, 11) is -3.68. The summed E-state index contributed by atoms with van der Waals surface area (Å²) in [5.74, 6) is 2.68. The highest BCUT2D eigenvalue weighted by molar-refractivity contribution is 7.48. The molecule has 0 saturated heterocycles. The summed E-state index contributed by atoms with van der Waals surface area (Å²) in [6.45, 7) is 0.445. The fraction of sp³-hybridized carbons (Fsp3) is 0.500. The zero-order valence-corrected chi connectivity index (χ0v) is 17.6. The average molecular weight is 412 g/mol. The van der Waals surface area contributed by atoms with E-state index in [-0.39, 0.29) is 19.3 Å². The van der Waals surface area contributed by atoms with E-state index in [1.165, 1.54) is 32.1 Å². The lowest BCUT2D eigenvalue weighted by Crippen LogP contribution is -2.49. The van der Waals surface area contributed by atoms with Crippen LogP contribution in [-0.4, -0.2) is 6.10 Å². The van der Waals surface area contributed by atoms with Gasteiger partial charge in [0.2, 0.25) is 0 Å². The van der Waals surface area contributed by atoms with Crippen LogP contribution in [0.4, 0.5) is 0 Å². The van der Waals surface area contributed by atoms with E-state index in [2.05, 4.69) is 0 Å². The second kappa shape index (κ2) is 8.35. The van der Waals surface area contributed by atoms with E-state index in [0.717, 1.165) is 23.0 Å². The van der Waals surface area contributed by atoms with E-state index in [9.17, 15) is 4.57 Å². The predicted molar refractivity (Wildman–Crippen MR) is 112 cm³/mol. The summed E-state index contributed by atoms with van der Waals surface area (Å²) in [5.41, 5.74) is 1.93. The number of phosphoric ester groups is 1. The van der Waals surface area contributed by atoms with Crippen molar-refractivity contribution < 1.29 is 18.1 Å². The summed E-state index contributed by atoms with van der Waals surface area (Å²) >= 11 is 0. The fourth-order valence-corrected chi connectivity index (χ4v) is 7.20. The normalized spacial score (nSPS) is 30.6. The number of hydrogen-bond acceptors (Lipinski definition) is 4. The van der Waals surface area contributed by atoms with Crippen LogP contribution in [0.3, 0.4) is 0 Å². The third-order valence-corrected chi connectivity index (χ3v) is 8.25. The van der Waals surface area contributed by atoms with Crippen molar-refractivity contribution in [2.75, 3.05) is 0 Å². The van der Waals surface area contributed by atoms with Crippen molar-refractivity contribution in [3.05, 3.63) is 71.8 Å². The third kappa shape index (κ3) is 4.51. The van der Waals surface area contributed by atoms with Gasteiger partial charge in [0.25, 0.3) is 0 Å². The van der Waals surface area contributed by atoms with Crippen LogP contribution < -0.4 is 0 Å². The Kier molecular flexibility index (Phi) is 5.62. The molecule has 0 amide bonds. The van der Waals surface area contributed by atoms with Gasteiger partial charge in [0.15, 0.2) is 0 Å². The van der Waals surface area contributed by atoms with Gasteiger partial charge < -0.3 is 0 Å². The number of benzene rings is 2. The zero-order valence-electron chi connectivity index (χ0n) is 16.7. The smallest absolute Gasteiger partial charge is 0.283 e. The molecule has 154 valence electrons. The minimum absolute atomic E-state index is 0.000167. The Bertz CT molecular complexity index is 778. The van der Waals surface area contributed by atoms with E-state index in [1.54, 1.807) is 0 Å². The molecule has 0 heterocycles. The molecule has 0 radical (unpaired) electrons. The van der Waals surface area contributed by atoms with E-state index < -0.39 is 7.82 Å². The van der Waals surface area contributed by atoms with E-state index >= 15 is 0 Å². The monoisotopic (exact) mass is 412 g/mol. The third-order valence-electron chi connectivity index (χ3n) is 6.86. The highest BCUT2D eigenvalue weighted by Crippen LogP contribution is 2.60. The van der Waals surface area contributed by atoms with Crippen LogP contribution in [0, 0.1) is 23.7 Å². The summed E-state index contributed by atoms with van der Waals surface area (Å²) in [5, 5.41) is 0. The lowest BCUT2D eigenvalue weighted by Gasteiger charge is -2.54. The highest BCUT2D eigenvalue weighted by atomic mass is 31.2. The van der Waals surface area contributed by atoms with Crippen LogP contribution >= 0.6 is 7.82 Å². The second-order valence-electron chi connectivity index (χ2n) is 8.97. The molecule has 4 bridgehead atoms. The SMILES string of the molecule is O=P(OCc1ccccc1)(OCc1ccccc1)OC1C2CC3CC(C2)CC1C3. The van der Waals surface area contributed by atoms with Gasteiger partial charge in [0, 0.05) is 0 Å². The molecular formula is C24H29O4P. The highest BCUT2D eigenvalue weighted by Gasteiger charge is 2.51. The van der Waals surface area contributed by atoms with Crippen LogP contribution in [0.2, 0.25) is 0 Å². The Balaban J connectivity index is 1.31. The van der Waals surface area contributed by atoms with Gasteiger partial charge in [-0.05, 0) is 66.9 Å². The van der Waals surface area contributed by atoms with Gasteiger partial charge in [0.1, 0.15) is 0 Å². The molecule has 0 unspecified atom stereocenters. The summed E-state index contributed by atoms with van der Waals surface area (Å²) in [4.78, 5) is 0. The van der Waals surface area contributed by atoms with Crippen molar-refractivity contribution >= 4 is 7.82 Å². The molecule has 2 aromatic carbocycles. The fourth-order valence-electron chi connectivity index (χ4n) is 5.75. The number of hydrogen-bond donors (Lipinski definition) is 0. The first-order valence-electron chi connectivity index (χ1n) is 10.8. The zero-order chi connectivity index (χ0) is 19.7. The van der Waals surface area contributed by atoms with Crippen LogP contribution in [0.25, 0.3) is 0 Å². The van der Waals surface area contributed by atoms with Crippen molar-refractivity contribution in [1.82, 2.24) is 0 Å². The summed E-state index contributed by atoms with van der Waals surface area (Å²) < 4.78 is 31.7. The topological polar surface area (TPSA) is 44.8 Å². The Morgan fingerprint density at radius 1 is 0.690 bits per heavy atom. The minimum atomic E-state index is -3.68. The van der Waals surface area contributed by atoms with Gasteiger partial charge in [-0.25, -0.2) is 4.57 Å². The number of rotatable bonds is 8. The van der Waals surface area contributed by atoms with Crippen molar-refractivity contribution in [3.63, 3.8) is 0 Å². The molecule has 0 aromatic heterocycles. The van der Waals surface area contributed by atoms with E-state index in [4.69, 9.17) is 13.6 Å². The van der Waals surface area contributed by atoms with Gasteiger partial charge in [-0.1, -0.05) is 60.7 Å². The molecule has 4 aliphatic rings. The Hall–Kier alpha value is -1.45. The van der Waals surface area contributed by atoms with Crippen molar-refractivity contribution in [2.45, 2.75) is 51.4 Å². The molecule has 0 spiro atoms. The van der Waals surface area contributed by atoms with E-state index in [1.807, 2.05) is 60.7 Å². The molecule has 0 N–H and O–H groups in total. The van der Waals surface area contributed by atoms with Crippen molar-refractivity contribution in [3.8, 4) is 0 Å². The largest absolute Gasteiger partial charge is 0.475 e. The molecule has 2 aromatic rings. The second-order valence-corrected chi connectivity index (χ2v) is 10.6. The summed E-state index contributed by atoms with van der Waals surface area (Å²) in [6, 6.07) is 19.6. The Labute approximate surface area is 173 Å². The number of phosphoric acid groups is 1. The molecular weight excluding hydrogens is 383 g/mol. The van der Waals surface area contributed by atoms with Crippen molar-refractivity contribution in [2.24, 2.45) is 23.7 Å². The first kappa shape index (κ1) is 19.5. The van der Waals surface area contributed by atoms with Gasteiger partial charge in [-0.15, -0.1) is 0 Å². The van der Waals surface area contributed by atoms with Gasteiger partial charge in [-0.2, -0.15) is 0 Å². The summed E-state index contributed by atoms with van der Waals surface area (Å²) in [6.07, 6.45) is 6.20. The first-order valence-corrected chi connectivity index (χ1v) is 12.3. The molecule has 29 heavy (non-hydrogen) atoms. The van der Waals surface area contributed by atoms with Crippen LogP contribution in [-0.2, 0) is 31.4 Å². The van der Waals surface area contributed by atoms with Crippen LogP contribution in [0.1, 0.15) is 43.2 Å². The van der Waals surface area contributed by atoms with Crippen molar-refractivity contribution in [1.29, 1.82) is 0 Å². The molecule has 0 aliphatic heterocycles.